The number of carbonyl (C=O) groups is 1. The lowest BCUT2D eigenvalue weighted by atomic mass is 9.83. The lowest BCUT2D eigenvalue weighted by Gasteiger charge is -2.44. The van der Waals surface area contributed by atoms with Crippen molar-refractivity contribution in [1.82, 2.24) is 4.90 Å². The summed E-state index contributed by atoms with van der Waals surface area (Å²) in [5.74, 6) is -1.17. The van der Waals surface area contributed by atoms with Gasteiger partial charge < -0.3 is 5.11 Å². The van der Waals surface area contributed by atoms with Gasteiger partial charge >= 0.3 is 18.3 Å². The number of hydrogen-bond donors (Lipinski definition) is 1. The van der Waals surface area contributed by atoms with Crippen LogP contribution in [0, 0.1) is 5.92 Å². The largest absolute Gasteiger partial charge is 0.481 e. The monoisotopic (exact) mass is 557 g/mol. The van der Waals surface area contributed by atoms with Gasteiger partial charge in [-0.2, -0.15) is 26.3 Å². The topological polar surface area (TPSA) is 40.5 Å². The van der Waals surface area contributed by atoms with Gasteiger partial charge in [-0.05, 0) is 78.8 Å². The van der Waals surface area contributed by atoms with Crippen molar-refractivity contribution in [1.29, 1.82) is 0 Å². The minimum Gasteiger partial charge on any atom is -0.481 e. The number of nitrogens with zero attached hydrogens (tertiary/aromatic N) is 1. The number of carboxylic acid groups (broad SMARTS) is 1. The fourth-order valence-corrected chi connectivity index (χ4v) is 5.46. The van der Waals surface area contributed by atoms with Crippen molar-refractivity contribution in [3.05, 3.63) is 70.8 Å². The molecule has 1 heterocycles. The van der Waals surface area contributed by atoms with Crippen molar-refractivity contribution < 1.29 is 36.2 Å². The summed E-state index contributed by atoms with van der Waals surface area (Å²) in [6.07, 6.45) is -8.15. The Kier molecular flexibility index (Phi) is 9.78. The summed E-state index contributed by atoms with van der Waals surface area (Å²) in [6, 6.07) is 11.8. The number of aryl methyl sites for hydroxylation is 1. The minimum atomic E-state index is -4.51. The molecule has 0 bridgehead atoms. The number of halogens is 6. The van der Waals surface area contributed by atoms with Crippen LogP contribution in [0.15, 0.2) is 48.5 Å². The van der Waals surface area contributed by atoms with Gasteiger partial charge in [0.1, 0.15) is 0 Å². The van der Waals surface area contributed by atoms with Crippen molar-refractivity contribution in [3.8, 4) is 0 Å². The molecule has 216 valence electrons. The highest BCUT2D eigenvalue weighted by Gasteiger charge is 2.37. The Hall–Kier alpha value is -2.55. The maximum absolute atomic E-state index is 13.3. The molecular weight excluding hydrogens is 520 g/mol. The standard InChI is InChI=1S/C30H37F6NO2/c1-28(2,3)23-9-4-20(5-10-23)6-13-25(14-16-29(31,32)33)37-17-15-21(19-27(38)39)18-26(37)22-7-11-24(12-8-22)30(34,35)36/h4-5,7-12,21,25-26H,6,13-19H2,1-3H3,(H,38,39)/t21-,25-,26+/m1/s1. The van der Waals surface area contributed by atoms with Crippen molar-refractivity contribution in [3.63, 3.8) is 0 Å². The van der Waals surface area contributed by atoms with Crippen molar-refractivity contribution in [2.24, 2.45) is 5.92 Å². The Morgan fingerprint density at radius 1 is 0.923 bits per heavy atom. The quantitative estimate of drug-likeness (QED) is 0.314. The Morgan fingerprint density at radius 2 is 1.51 bits per heavy atom. The molecule has 3 nitrogen and oxygen atoms in total. The molecule has 0 aliphatic carbocycles. The Labute approximate surface area is 226 Å². The fourth-order valence-electron chi connectivity index (χ4n) is 5.46. The summed E-state index contributed by atoms with van der Waals surface area (Å²) in [6.45, 7) is 6.69. The number of benzene rings is 2. The number of piperidine rings is 1. The molecule has 3 atom stereocenters. The van der Waals surface area contributed by atoms with Crippen LogP contribution >= 0.6 is 0 Å². The van der Waals surface area contributed by atoms with E-state index in [-0.39, 0.29) is 24.2 Å². The first kappa shape index (κ1) is 31.0. The van der Waals surface area contributed by atoms with Crippen LogP contribution in [0.25, 0.3) is 0 Å². The summed E-state index contributed by atoms with van der Waals surface area (Å²) in [7, 11) is 0. The lowest BCUT2D eigenvalue weighted by Crippen LogP contribution is -2.44. The number of carboxylic acids is 1. The van der Waals surface area contributed by atoms with E-state index in [1.807, 2.05) is 29.2 Å². The van der Waals surface area contributed by atoms with E-state index < -0.39 is 42.4 Å². The van der Waals surface area contributed by atoms with Crippen LogP contribution in [0.5, 0.6) is 0 Å². The number of hydrogen-bond acceptors (Lipinski definition) is 2. The molecule has 3 rings (SSSR count). The van der Waals surface area contributed by atoms with Crippen LogP contribution in [0.2, 0.25) is 0 Å². The molecule has 39 heavy (non-hydrogen) atoms. The molecule has 2 aromatic rings. The predicted molar refractivity (Wildman–Crippen MR) is 138 cm³/mol. The number of aliphatic carboxylic acids is 1. The maximum Gasteiger partial charge on any atom is 0.416 e. The zero-order chi connectivity index (χ0) is 29.0. The SMILES string of the molecule is CC(C)(C)c1ccc(CC[C@H](CCC(F)(F)F)N2CC[C@@H](CC(=O)O)C[C@H]2c2ccc(C(F)(F)F)cc2)cc1. The molecule has 9 heteroatoms. The van der Waals surface area contributed by atoms with Crippen LogP contribution in [0.1, 0.15) is 87.6 Å². The summed E-state index contributed by atoms with van der Waals surface area (Å²) in [4.78, 5) is 13.3. The second-order valence-corrected chi connectivity index (χ2v) is 11.7. The molecular formula is C30H37F6NO2. The third kappa shape index (κ3) is 9.26. The Bertz CT molecular complexity index is 1070. The average molecular weight is 558 g/mol. The minimum absolute atomic E-state index is 0.0248. The van der Waals surface area contributed by atoms with Crippen molar-refractivity contribution in [2.75, 3.05) is 6.54 Å². The van der Waals surface area contributed by atoms with E-state index in [0.29, 0.717) is 37.8 Å². The molecule has 0 spiro atoms. The Balaban J connectivity index is 1.87. The smallest absolute Gasteiger partial charge is 0.416 e. The zero-order valence-corrected chi connectivity index (χ0v) is 22.6. The molecule has 1 aliphatic rings. The van der Waals surface area contributed by atoms with Crippen LogP contribution in [0.4, 0.5) is 26.3 Å². The molecule has 1 aliphatic heterocycles. The molecule has 0 amide bonds. The van der Waals surface area contributed by atoms with E-state index in [4.69, 9.17) is 0 Å². The van der Waals surface area contributed by atoms with Crippen molar-refractivity contribution >= 4 is 5.97 Å². The van der Waals surface area contributed by atoms with E-state index in [9.17, 15) is 36.2 Å². The second-order valence-electron chi connectivity index (χ2n) is 11.7. The van der Waals surface area contributed by atoms with E-state index in [0.717, 1.165) is 23.3 Å². The third-order valence-electron chi connectivity index (χ3n) is 7.65. The first-order valence-electron chi connectivity index (χ1n) is 13.3. The van der Waals surface area contributed by atoms with Gasteiger partial charge in [0.05, 0.1) is 5.56 Å². The van der Waals surface area contributed by atoms with Gasteiger partial charge in [-0.15, -0.1) is 0 Å². The van der Waals surface area contributed by atoms with Gasteiger partial charge in [-0.25, -0.2) is 0 Å². The van der Waals surface area contributed by atoms with E-state index in [1.54, 1.807) is 0 Å². The summed E-state index contributed by atoms with van der Waals surface area (Å²) in [5.41, 5.74) is 1.89. The molecule has 2 aromatic carbocycles. The van der Waals surface area contributed by atoms with Gasteiger partial charge in [0, 0.05) is 24.9 Å². The lowest BCUT2D eigenvalue weighted by molar-refractivity contribution is -0.141. The van der Waals surface area contributed by atoms with E-state index in [2.05, 4.69) is 20.8 Å². The van der Waals surface area contributed by atoms with Crippen LogP contribution in [-0.2, 0) is 22.8 Å². The van der Waals surface area contributed by atoms with Crippen LogP contribution < -0.4 is 0 Å². The van der Waals surface area contributed by atoms with Gasteiger partial charge in [0.15, 0.2) is 0 Å². The first-order valence-corrected chi connectivity index (χ1v) is 13.3. The highest BCUT2D eigenvalue weighted by atomic mass is 19.4. The number of likely N-dealkylation sites (tertiary alicyclic amines) is 1. The molecule has 1 saturated heterocycles. The average Bonchev–Trinajstić information content (AvgIpc) is 2.82. The molecule has 0 unspecified atom stereocenters. The van der Waals surface area contributed by atoms with Crippen molar-refractivity contribution in [2.45, 2.75) is 95.6 Å². The summed E-state index contributed by atoms with van der Waals surface area (Å²) >= 11 is 0. The fraction of sp³-hybridized carbons (Fsp3) is 0.567. The molecule has 0 aromatic heterocycles. The summed E-state index contributed by atoms with van der Waals surface area (Å²) < 4.78 is 79.3. The first-order chi connectivity index (χ1) is 18.0. The molecule has 0 radical (unpaired) electrons. The van der Waals surface area contributed by atoms with Gasteiger partial charge in [-0.1, -0.05) is 57.2 Å². The second kappa shape index (κ2) is 12.3. The maximum atomic E-state index is 13.3. The summed E-state index contributed by atoms with van der Waals surface area (Å²) in [5, 5.41) is 9.31. The van der Waals surface area contributed by atoms with Crippen LogP contribution in [0.3, 0.4) is 0 Å². The molecule has 1 N–H and O–H groups in total. The molecule has 0 saturated carbocycles. The normalized spacial score (nSPS) is 20.1. The van der Waals surface area contributed by atoms with Gasteiger partial charge in [-0.3, -0.25) is 9.69 Å². The number of rotatable bonds is 9. The van der Waals surface area contributed by atoms with E-state index in [1.165, 1.54) is 12.1 Å². The highest BCUT2D eigenvalue weighted by Crippen LogP contribution is 2.40. The predicted octanol–water partition coefficient (Wildman–Crippen LogP) is 8.57. The number of alkyl halides is 6. The molecule has 1 fully saturated rings. The van der Waals surface area contributed by atoms with E-state index >= 15 is 0 Å². The highest BCUT2D eigenvalue weighted by molar-refractivity contribution is 5.67. The van der Waals surface area contributed by atoms with Gasteiger partial charge in [0.25, 0.3) is 0 Å². The Morgan fingerprint density at radius 3 is 2.03 bits per heavy atom. The van der Waals surface area contributed by atoms with Gasteiger partial charge in [0.2, 0.25) is 0 Å². The third-order valence-corrected chi connectivity index (χ3v) is 7.65. The zero-order valence-electron chi connectivity index (χ0n) is 22.6. The van der Waals surface area contributed by atoms with Crippen LogP contribution in [-0.4, -0.2) is 34.7 Å².